The minimum Gasteiger partial charge on any atom is -0.382 e. The van der Waals surface area contributed by atoms with Crippen LogP contribution in [0.4, 0.5) is 11.4 Å². The third-order valence-corrected chi connectivity index (χ3v) is 4.07. The van der Waals surface area contributed by atoms with Gasteiger partial charge < -0.3 is 20.7 Å². The summed E-state index contributed by atoms with van der Waals surface area (Å²) in [5.74, 6) is 0.413. The number of ether oxygens (including phenoxy) is 1. The van der Waals surface area contributed by atoms with Crippen LogP contribution in [-0.4, -0.2) is 38.3 Å². The molecule has 2 unspecified atom stereocenters. The number of hydrogen-bond acceptors (Lipinski definition) is 4. The van der Waals surface area contributed by atoms with E-state index in [2.05, 4.69) is 22.9 Å². The number of benzene rings is 1. The quantitative estimate of drug-likeness (QED) is 0.785. The van der Waals surface area contributed by atoms with E-state index in [9.17, 15) is 4.79 Å². The average Bonchev–Trinajstić information content (AvgIpc) is 3.01. The molecule has 0 aromatic heterocycles. The van der Waals surface area contributed by atoms with Crippen molar-refractivity contribution in [3.63, 3.8) is 0 Å². The third-order valence-electron chi connectivity index (χ3n) is 4.07. The lowest BCUT2D eigenvalue weighted by molar-refractivity contribution is 0.0922. The highest BCUT2D eigenvalue weighted by atomic mass is 16.5. The minimum absolute atomic E-state index is 0.0143. The van der Waals surface area contributed by atoms with Crippen molar-refractivity contribution < 1.29 is 9.53 Å². The standard InChI is InChI=1S/C15H21N3O2/c1-10(12-4-7-20-9-12)18-15(19)11-2-3-13-14(8-11)17-6-5-16-13/h2-3,8,10,12,16-17H,4-7,9H2,1H3,(H,18,19). The minimum atomic E-state index is -0.0143. The van der Waals surface area contributed by atoms with E-state index in [0.717, 1.165) is 44.1 Å². The maximum Gasteiger partial charge on any atom is 0.251 e. The van der Waals surface area contributed by atoms with Gasteiger partial charge in [-0.2, -0.15) is 0 Å². The second-order valence-electron chi connectivity index (χ2n) is 5.50. The summed E-state index contributed by atoms with van der Waals surface area (Å²) in [5, 5.41) is 9.69. The predicted molar refractivity (Wildman–Crippen MR) is 79.3 cm³/mol. The van der Waals surface area contributed by atoms with E-state index in [0.29, 0.717) is 11.5 Å². The molecule has 0 radical (unpaired) electrons. The molecule has 5 heteroatoms. The molecule has 1 aromatic rings. The highest BCUT2D eigenvalue weighted by Gasteiger charge is 2.24. The van der Waals surface area contributed by atoms with E-state index in [1.54, 1.807) is 0 Å². The molecule has 0 aliphatic carbocycles. The normalized spacial score (nSPS) is 22.4. The van der Waals surface area contributed by atoms with Gasteiger partial charge in [-0.1, -0.05) is 0 Å². The Labute approximate surface area is 119 Å². The smallest absolute Gasteiger partial charge is 0.251 e. The molecule has 20 heavy (non-hydrogen) atoms. The number of anilines is 2. The number of carbonyl (C=O) groups excluding carboxylic acids is 1. The van der Waals surface area contributed by atoms with Crippen molar-refractivity contribution in [3.8, 4) is 0 Å². The maximum atomic E-state index is 12.3. The molecule has 0 spiro atoms. The van der Waals surface area contributed by atoms with Crippen LogP contribution in [0.3, 0.4) is 0 Å². The van der Waals surface area contributed by atoms with Gasteiger partial charge in [0, 0.05) is 37.2 Å². The van der Waals surface area contributed by atoms with Gasteiger partial charge in [-0.3, -0.25) is 4.79 Å². The Morgan fingerprint density at radius 3 is 2.90 bits per heavy atom. The summed E-state index contributed by atoms with van der Waals surface area (Å²) in [6, 6.07) is 5.88. The maximum absolute atomic E-state index is 12.3. The molecule has 2 atom stereocenters. The summed E-state index contributed by atoms with van der Waals surface area (Å²) in [6.07, 6.45) is 1.02. The van der Waals surface area contributed by atoms with Crippen molar-refractivity contribution in [1.82, 2.24) is 5.32 Å². The first-order valence-corrected chi connectivity index (χ1v) is 7.24. The number of hydrogen-bond donors (Lipinski definition) is 3. The fraction of sp³-hybridized carbons (Fsp3) is 0.533. The van der Waals surface area contributed by atoms with E-state index in [1.165, 1.54) is 0 Å². The SMILES string of the molecule is CC(NC(=O)c1ccc2c(c1)NCCN2)C1CCOC1. The highest BCUT2D eigenvalue weighted by Crippen LogP contribution is 2.25. The molecule has 1 saturated heterocycles. The molecule has 2 aliphatic rings. The van der Waals surface area contributed by atoms with E-state index < -0.39 is 0 Å². The fourth-order valence-corrected chi connectivity index (χ4v) is 2.74. The molecule has 1 aromatic carbocycles. The highest BCUT2D eigenvalue weighted by molar-refractivity contribution is 5.96. The molecule has 3 rings (SSSR count). The Kier molecular flexibility index (Phi) is 3.78. The summed E-state index contributed by atoms with van der Waals surface area (Å²) < 4.78 is 5.37. The van der Waals surface area contributed by atoms with Crippen LogP contribution >= 0.6 is 0 Å². The van der Waals surface area contributed by atoms with E-state index in [-0.39, 0.29) is 11.9 Å². The second kappa shape index (κ2) is 5.71. The van der Waals surface area contributed by atoms with Gasteiger partial charge in [0.15, 0.2) is 0 Å². The van der Waals surface area contributed by atoms with Gasteiger partial charge in [-0.15, -0.1) is 0 Å². The zero-order valence-electron chi connectivity index (χ0n) is 11.7. The molecule has 1 fully saturated rings. The monoisotopic (exact) mass is 275 g/mol. The van der Waals surface area contributed by atoms with Crippen LogP contribution in [0.1, 0.15) is 23.7 Å². The summed E-state index contributed by atoms with van der Waals surface area (Å²) in [7, 11) is 0. The number of rotatable bonds is 3. The van der Waals surface area contributed by atoms with Gasteiger partial charge in [0.1, 0.15) is 0 Å². The summed E-state index contributed by atoms with van der Waals surface area (Å²) in [5.41, 5.74) is 2.76. The summed E-state index contributed by atoms with van der Waals surface area (Å²) in [6.45, 7) is 5.40. The van der Waals surface area contributed by atoms with E-state index >= 15 is 0 Å². The number of amides is 1. The molecular weight excluding hydrogens is 254 g/mol. The van der Waals surface area contributed by atoms with E-state index in [4.69, 9.17) is 4.74 Å². The van der Waals surface area contributed by atoms with Gasteiger partial charge in [-0.25, -0.2) is 0 Å². The summed E-state index contributed by atoms with van der Waals surface area (Å²) >= 11 is 0. The van der Waals surface area contributed by atoms with Crippen LogP contribution in [0.15, 0.2) is 18.2 Å². The van der Waals surface area contributed by atoms with Crippen molar-refractivity contribution in [1.29, 1.82) is 0 Å². The Bertz CT molecular complexity index is 498. The van der Waals surface area contributed by atoms with Crippen LogP contribution in [0, 0.1) is 5.92 Å². The van der Waals surface area contributed by atoms with Crippen LogP contribution in [-0.2, 0) is 4.74 Å². The predicted octanol–water partition coefficient (Wildman–Crippen LogP) is 1.68. The zero-order valence-corrected chi connectivity index (χ0v) is 11.7. The number of carbonyl (C=O) groups is 1. The molecule has 2 aliphatic heterocycles. The van der Waals surface area contributed by atoms with Crippen LogP contribution in [0.2, 0.25) is 0 Å². The van der Waals surface area contributed by atoms with Gasteiger partial charge in [0.25, 0.3) is 5.91 Å². The van der Waals surface area contributed by atoms with E-state index in [1.807, 2.05) is 18.2 Å². The fourth-order valence-electron chi connectivity index (χ4n) is 2.74. The summed E-state index contributed by atoms with van der Waals surface area (Å²) in [4.78, 5) is 12.3. The number of fused-ring (bicyclic) bond motifs is 1. The molecular formula is C15H21N3O2. The molecule has 0 saturated carbocycles. The van der Waals surface area contributed by atoms with Crippen molar-refractivity contribution in [3.05, 3.63) is 23.8 Å². The average molecular weight is 275 g/mol. The first-order valence-electron chi connectivity index (χ1n) is 7.24. The van der Waals surface area contributed by atoms with Gasteiger partial charge in [-0.05, 0) is 31.5 Å². The Morgan fingerprint density at radius 2 is 2.15 bits per heavy atom. The molecule has 108 valence electrons. The molecule has 2 heterocycles. The lowest BCUT2D eigenvalue weighted by Gasteiger charge is -2.22. The van der Waals surface area contributed by atoms with Crippen LogP contribution in [0.25, 0.3) is 0 Å². The molecule has 5 nitrogen and oxygen atoms in total. The topological polar surface area (TPSA) is 62.4 Å². The van der Waals surface area contributed by atoms with Crippen LogP contribution < -0.4 is 16.0 Å². The lowest BCUT2D eigenvalue weighted by atomic mass is 10.0. The first-order chi connectivity index (χ1) is 9.74. The second-order valence-corrected chi connectivity index (χ2v) is 5.50. The van der Waals surface area contributed by atoms with Crippen molar-refractivity contribution in [2.75, 3.05) is 36.9 Å². The number of nitrogens with one attached hydrogen (secondary N) is 3. The van der Waals surface area contributed by atoms with Gasteiger partial charge in [0.05, 0.1) is 18.0 Å². The molecule has 0 bridgehead atoms. The largest absolute Gasteiger partial charge is 0.382 e. The van der Waals surface area contributed by atoms with Gasteiger partial charge >= 0.3 is 0 Å². The van der Waals surface area contributed by atoms with Crippen molar-refractivity contribution in [2.24, 2.45) is 5.92 Å². The Balaban J connectivity index is 1.67. The van der Waals surface area contributed by atoms with Crippen LogP contribution in [0.5, 0.6) is 0 Å². The zero-order chi connectivity index (χ0) is 13.9. The first kappa shape index (κ1) is 13.2. The Morgan fingerprint density at radius 1 is 1.35 bits per heavy atom. The lowest BCUT2D eigenvalue weighted by Crippen LogP contribution is -2.38. The Hall–Kier alpha value is -1.75. The molecule has 3 N–H and O–H groups in total. The van der Waals surface area contributed by atoms with Crippen molar-refractivity contribution in [2.45, 2.75) is 19.4 Å². The third kappa shape index (κ3) is 2.72. The molecule has 1 amide bonds. The van der Waals surface area contributed by atoms with Crippen molar-refractivity contribution >= 4 is 17.3 Å². The van der Waals surface area contributed by atoms with Gasteiger partial charge in [0.2, 0.25) is 0 Å².